The number of anilines is 2. The van der Waals surface area contributed by atoms with Crippen molar-refractivity contribution in [2.24, 2.45) is 0 Å². The number of likely N-dealkylation sites (tertiary alicyclic amines) is 1. The van der Waals surface area contributed by atoms with Crippen LogP contribution in [0, 0.1) is 0 Å². The Hall–Kier alpha value is -4.10. The summed E-state index contributed by atoms with van der Waals surface area (Å²) >= 11 is 0. The number of rotatable bonds is 8. The lowest BCUT2D eigenvalue weighted by atomic mass is 9.72. The molecule has 0 atom stereocenters. The van der Waals surface area contributed by atoms with Crippen molar-refractivity contribution in [1.82, 2.24) is 14.9 Å². The summed E-state index contributed by atoms with van der Waals surface area (Å²) in [5.41, 5.74) is 10.00. The van der Waals surface area contributed by atoms with E-state index < -0.39 is 0 Å². The maximum atomic E-state index is 11.5. The van der Waals surface area contributed by atoms with E-state index in [4.69, 9.17) is 10.7 Å². The van der Waals surface area contributed by atoms with Gasteiger partial charge in [-0.2, -0.15) is 4.98 Å². The van der Waals surface area contributed by atoms with Gasteiger partial charge in [-0.15, -0.1) is 0 Å². The lowest BCUT2D eigenvalue weighted by Crippen LogP contribution is -2.48. The minimum absolute atomic E-state index is 0.0639. The maximum absolute atomic E-state index is 11.5. The molecule has 1 aromatic heterocycles. The number of carbonyl (C=O) groups excluding carboxylic acids is 2. The summed E-state index contributed by atoms with van der Waals surface area (Å²) in [6.07, 6.45) is 3.33. The van der Waals surface area contributed by atoms with Gasteiger partial charge in [-0.05, 0) is 49.2 Å². The summed E-state index contributed by atoms with van der Waals surface area (Å²) in [5.74, 6) is 0.793. The Balaban J connectivity index is 1.42. The number of aromatic nitrogens is 2. The van der Waals surface area contributed by atoms with Gasteiger partial charge in [0.25, 0.3) is 0 Å². The zero-order valence-electron chi connectivity index (χ0n) is 21.0. The topological polar surface area (TPSA) is 92.4 Å². The number of nitrogen functional groups attached to an aromatic ring is 1. The summed E-state index contributed by atoms with van der Waals surface area (Å²) in [4.78, 5) is 36.8. The van der Waals surface area contributed by atoms with E-state index in [1.165, 1.54) is 11.1 Å². The van der Waals surface area contributed by atoms with Crippen LogP contribution in [0.1, 0.15) is 44.7 Å². The van der Waals surface area contributed by atoms with E-state index in [2.05, 4.69) is 75.4 Å². The minimum Gasteiger partial charge on any atom is -0.383 e. The molecular weight excluding hydrogens is 462 g/mol. The van der Waals surface area contributed by atoms with Crippen molar-refractivity contribution in [3.63, 3.8) is 0 Å². The fraction of sp³-hybridized carbons (Fsp3) is 0.267. The van der Waals surface area contributed by atoms with Crippen LogP contribution in [0.3, 0.4) is 0 Å². The molecule has 188 valence electrons. The molecular formula is C30H31N5O2. The average molecular weight is 494 g/mol. The molecule has 0 amide bonds. The number of nitrogens with zero attached hydrogens (tertiary/aromatic N) is 4. The monoisotopic (exact) mass is 493 g/mol. The third kappa shape index (κ3) is 5.08. The van der Waals surface area contributed by atoms with Gasteiger partial charge in [0, 0.05) is 42.1 Å². The highest BCUT2D eigenvalue weighted by Crippen LogP contribution is 2.37. The molecule has 7 heteroatoms. The Kier molecular flexibility index (Phi) is 6.97. The van der Waals surface area contributed by atoms with Gasteiger partial charge in [0.1, 0.15) is 5.82 Å². The largest absolute Gasteiger partial charge is 0.383 e. The standard InChI is InChI=1S/C30H31N5O2/c1-34(29-32-27-17-24(20-37)23(19-36)16-26(27)28(31)33-29)21-30(25-10-6-3-7-11-25)12-14-35(15-13-30)18-22-8-4-2-5-9-22/h2-11,16-17,19-20H,12-15,18,21H2,1H3,(H2,31,32,33). The van der Waals surface area contributed by atoms with Crippen LogP contribution in [0.5, 0.6) is 0 Å². The number of carbonyl (C=O) groups is 2. The van der Waals surface area contributed by atoms with Crippen LogP contribution in [-0.4, -0.2) is 54.1 Å². The lowest BCUT2D eigenvalue weighted by molar-refractivity contribution is 0.109. The molecule has 37 heavy (non-hydrogen) atoms. The van der Waals surface area contributed by atoms with E-state index in [1.54, 1.807) is 12.1 Å². The van der Waals surface area contributed by atoms with E-state index in [0.717, 1.165) is 39.0 Å². The fourth-order valence-electron chi connectivity index (χ4n) is 5.43. The molecule has 1 fully saturated rings. The highest BCUT2D eigenvalue weighted by atomic mass is 16.1. The Labute approximate surface area is 216 Å². The second-order valence-electron chi connectivity index (χ2n) is 9.91. The van der Waals surface area contributed by atoms with Gasteiger partial charge in [-0.25, -0.2) is 4.98 Å². The van der Waals surface area contributed by atoms with Crippen LogP contribution < -0.4 is 10.6 Å². The number of aldehydes is 2. The highest BCUT2D eigenvalue weighted by molar-refractivity contribution is 6.00. The Morgan fingerprint density at radius 2 is 1.54 bits per heavy atom. The normalized spacial score (nSPS) is 15.4. The molecule has 1 saturated heterocycles. The predicted octanol–water partition coefficient (Wildman–Crippen LogP) is 4.51. The number of hydrogen-bond donors (Lipinski definition) is 1. The first kappa shape index (κ1) is 24.6. The second-order valence-corrected chi connectivity index (χ2v) is 9.91. The zero-order valence-corrected chi connectivity index (χ0v) is 21.0. The lowest BCUT2D eigenvalue weighted by Gasteiger charge is -2.44. The summed E-state index contributed by atoms with van der Waals surface area (Å²) in [6, 6.07) is 24.5. The first-order chi connectivity index (χ1) is 18.0. The molecule has 1 aliphatic heterocycles. The quantitative estimate of drug-likeness (QED) is 0.361. The van der Waals surface area contributed by atoms with E-state index in [0.29, 0.717) is 40.8 Å². The highest BCUT2D eigenvalue weighted by Gasteiger charge is 2.37. The molecule has 2 heterocycles. The van der Waals surface area contributed by atoms with Crippen molar-refractivity contribution in [2.75, 3.05) is 37.3 Å². The van der Waals surface area contributed by atoms with Crippen LogP contribution >= 0.6 is 0 Å². The van der Waals surface area contributed by atoms with Crippen molar-refractivity contribution in [1.29, 1.82) is 0 Å². The van der Waals surface area contributed by atoms with Gasteiger partial charge in [-0.1, -0.05) is 60.7 Å². The van der Waals surface area contributed by atoms with Gasteiger partial charge in [0.05, 0.1) is 5.52 Å². The Bertz CT molecular complexity index is 1400. The molecule has 0 bridgehead atoms. The average Bonchev–Trinajstić information content (AvgIpc) is 2.94. The number of nitrogens with two attached hydrogens (primary N) is 1. The Morgan fingerprint density at radius 1 is 0.919 bits per heavy atom. The molecule has 0 aliphatic carbocycles. The number of piperidine rings is 1. The number of benzene rings is 3. The van der Waals surface area contributed by atoms with Crippen LogP contribution in [0.2, 0.25) is 0 Å². The van der Waals surface area contributed by atoms with Gasteiger partial charge in [0.15, 0.2) is 12.6 Å². The van der Waals surface area contributed by atoms with E-state index in [9.17, 15) is 9.59 Å². The van der Waals surface area contributed by atoms with Crippen molar-refractivity contribution >= 4 is 35.2 Å². The number of hydrogen-bond acceptors (Lipinski definition) is 7. The molecule has 1 aliphatic rings. The molecule has 5 rings (SSSR count). The van der Waals surface area contributed by atoms with E-state index in [-0.39, 0.29) is 11.0 Å². The van der Waals surface area contributed by atoms with Crippen molar-refractivity contribution in [3.8, 4) is 0 Å². The molecule has 3 aromatic carbocycles. The van der Waals surface area contributed by atoms with Crippen molar-refractivity contribution in [3.05, 3.63) is 95.1 Å². The maximum Gasteiger partial charge on any atom is 0.227 e. The summed E-state index contributed by atoms with van der Waals surface area (Å²) in [5, 5.41) is 0.567. The van der Waals surface area contributed by atoms with Crippen molar-refractivity contribution < 1.29 is 9.59 Å². The van der Waals surface area contributed by atoms with E-state index >= 15 is 0 Å². The van der Waals surface area contributed by atoms with Crippen LogP contribution in [0.15, 0.2) is 72.8 Å². The van der Waals surface area contributed by atoms with Gasteiger partial charge >= 0.3 is 0 Å². The second kappa shape index (κ2) is 10.5. The van der Waals surface area contributed by atoms with Gasteiger partial charge in [0.2, 0.25) is 5.95 Å². The molecule has 0 saturated carbocycles. The van der Waals surface area contributed by atoms with Crippen LogP contribution in [0.25, 0.3) is 10.9 Å². The smallest absolute Gasteiger partial charge is 0.227 e. The predicted molar refractivity (Wildman–Crippen MR) is 147 cm³/mol. The summed E-state index contributed by atoms with van der Waals surface area (Å²) in [6.45, 7) is 3.67. The zero-order chi connectivity index (χ0) is 25.8. The van der Waals surface area contributed by atoms with Crippen molar-refractivity contribution in [2.45, 2.75) is 24.8 Å². The third-order valence-electron chi connectivity index (χ3n) is 7.50. The van der Waals surface area contributed by atoms with E-state index in [1.807, 2.05) is 7.05 Å². The molecule has 0 radical (unpaired) electrons. The fourth-order valence-corrected chi connectivity index (χ4v) is 5.43. The van der Waals surface area contributed by atoms with Gasteiger partial charge in [-0.3, -0.25) is 14.5 Å². The SMILES string of the molecule is CN(CC1(c2ccccc2)CCN(Cc2ccccc2)CC1)c1nc(N)c2cc(C=O)c(C=O)cc2n1. The molecule has 0 unspecified atom stereocenters. The molecule has 0 spiro atoms. The van der Waals surface area contributed by atoms with Crippen LogP contribution in [-0.2, 0) is 12.0 Å². The molecule has 2 N–H and O–H groups in total. The molecule has 7 nitrogen and oxygen atoms in total. The Morgan fingerprint density at radius 3 is 2.19 bits per heavy atom. The summed E-state index contributed by atoms with van der Waals surface area (Å²) < 4.78 is 0. The van der Waals surface area contributed by atoms with Gasteiger partial charge < -0.3 is 10.6 Å². The number of likely N-dealkylation sites (N-methyl/N-ethyl adjacent to an activating group) is 1. The first-order valence-corrected chi connectivity index (χ1v) is 12.6. The number of fused-ring (bicyclic) bond motifs is 1. The van der Waals surface area contributed by atoms with Crippen LogP contribution in [0.4, 0.5) is 11.8 Å². The molecule has 4 aromatic rings. The first-order valence-electron chi connectivity index (χ1n) is 12.6. The minimum atomic E-state index is -0.0639. The summed E-state index contributed by atoms with van der Waals surface area (Å²) in [7, 11) is 1.99. The third-order valence-corrected chi connectivity index (χ3v) is 7.50.